The van der Waals surface area contributed by atoms with Gasteiger partial charge in [-0.25, -0.2) is 4.79 Å². The molecule has 5 heteroatoms. The highest BCUT2D eigenvalue weighted by molar-refractivity contribution is 9.10. The molecular formula is C16H22BrNO3. The first-order valence-corrected chi connectivity index (χ1v) is 7.98. The fourth-order valence-corrected chi connectivity index (χ4v) is 2.98. The molecule has 0 spiro atoms. The van der Waals surface area contributed by atoms with Crippen molar-refractivity contribution in [3.63, 3.8) is 0 Å². The van der Waals surface area contributed by atoms with Crippen LogP contribution >= 0.6 is 15.9 Å². The number of aliphatic hydroxyl groups excluding tert-OH is 1. The van der Waals surface area contributed by atoms with Crippen LogP contribution in [0, 0.1) is 0 Å². The number of benzene rings is 1. The third-order valence-corrected chi connectivity index (χ3v) is 3.97. The average molecular weight is 356 g/mol. The molecule has 1 saturated heterocycles. The Kier molecular flexibility index (Phi) is 4.94. The van der Waals surface area contributed by atoms with E-state index in [1.54, 1.807) is 4.90 Å². The van der Waals surface area contributed by atoms with Crippen LogP contribution < -0.4 is 0 Å². The summed E-state index contributed by atoms with van der Waals surface area (Å²) < 4.78 is 6.42. The fourth-order valence-electron chi connectivity index (χ4n) is 2.54. The van der Waals surface area contributed by atoms with Gasteiger partial charge in [-0.2, -0.15) is 0 Å². The Morgan fingerprint density at radius 2 is 2.19 bits per heavy atom. The summed E-state index contributed by atoms with van der Waals surface area (Å²) in [5.74, 6) is 0. The molecule has 2 atom stereocenters. The highest BCUT2D eigenvalue weighted by atomic mass is 79.9. The van der Waals surface area contributed by atoms with E-state index >= 15 is 0 Å². The van der Waals surface area contributed by atoms with Crippen LogP contribution in [0.1, 0.15) is 32.8 Å². The maximum absolute atomic E-state index is 12.3. The predicted molar refractivity (Wildman–Crippen MR) is 85.2 cm³/mol. The van der Waals surface area contributed by atoms with Gasteiger partial charge < -0.3 is 14.7 Å². The van der Waals surface area contributed by atoms with E-state index < -0.39 is 11.7 Å². The fraction of sp³-hybridized carbons (Fsp3) is 0.562. The molecule has 1 aromatic carbocycles. The second-order valence-corrected chi connectivity index (χ2v) is 7.35. The molecule has 0 radical (unpaired) electrons. The summed E-state index contributed by atoms with van der Waals surface area (Å²) in [5, 5.41) is 10.2. The van der Waals surface area contributed by atoms with Gasteiger partial charge in [0.25, 0.3) is 0 Å². The largest absolute Gasteiger partial charge is 0.444 e. The van der Waals surface area contributed by atoms with Gasteiger partial charge in [-0.1, -0.05) is 28.1 Å². The Morgan fingerprint density at radius 1 is 1.48 bits per heavy atom. The standard InChI is InChI=1S/C16H22BrNO3/c1-16(2,3)21-15(20)18-8-7-14(19)13(18)10-11-5-4-6-12(17)9-11/h4-6,9,13-14,19H,7-8,10H2,1-3H3. The first kappa shape index (κ1) is 16.3. The van der Waals surface area contributed by atoms with Crippen LogP contribution in [0.15, 0.2) is 28.7 Å². The third kappa shape index (κ3) is 4.45. The summed E-state index contributed by atoms with van der Waals surface area (Å²) >= 11 is 3.44. The highest BCUT2D eigenvalue weighted by Gasteiger charge is 2.38. The summed E-state index contributed by atoms with van der Waals surface area (Å²) in [6, 6.07) is 7.70. The van der Waals surface area contributed by atoms with Gasteiger partial charge in [-0.3, -0.25) is 0 Å². The number of likely N-dealkylation sites (tertiary alicyclic amines) is 1. The normalized spacial score (nSPS) is 22.4. The van der Waals surface area contributed by atoms with Gasteiger partial charge >= 0.3 is 6.09 Å². The van der Waals surface area contributed by atoms with E-state index in [9.17, 15) is 9.90 Å². The minimum Gasteiger partial charge on any atom is -0.444 e. The smallest absolute Gasteiger partial charge is 0.410 e. The lowest BCUT2D eigenvalue weighted by Gasteiger charge is -2.29. The second kappa shape index (κ2) is 6.36. The van der Waals surface area contributed by atoms with Gasteiger partial charge in [-0.15, -0.1) is 0 Å². The van der Waals surface area contributed by atoms with Crippen LogP contribution in [-0.2, 0) is 11.2 Å². The first-order chi connectivity index (χ1) is 9.76. The molecule has 1 aliphatic heterocycles. The maximum atomic E-state index is 12.3. The van der Waals surface area contributed by atoms with Crippen molar-refractivity contribution in [3.8, 4) is 0 Å². The number of hydrogen-bond donors (Lipinski definition) is 1. The zero-order chi connectivity index (χ0) is 15.6. The molecule has 0 aliphatic carbocycles. The lowest BCUT2D eigenvalue weighted by atomic mass is 10.0. The van der Waals surface area contributed by atoms with Crippen molar-refractivity contribution in [1.29, 1.82) is 0 Å². The van der Waals surface area contributed by atoms with Crippen molar-refractivity contribution in [2.75, 3.05) is 6.54 Å². The van der Waals surface area contributed by atoms with Crippen molar-refractivity contribution in [2.24, 2.45) is 0 Å². The Bertz CT molecular complexity index is 512. The molecule has 1 aliphatic rings. The van der Waals surface area contributed by atoms with Gasteiger partial charge in [-0.05, 0) is 51.3 Å². The molecular weight excluding hydrogens is 334 g/mol. The Morgan fingerprint density at radius 3 is 2.81 bits per heavy atom. The summed E-state index contributed by atoms with van der Waals surface area (Å²) in [7, 11) is 0. The van der Waals surface area contributed by atoms with Crippen LogP contribution in [-0.4, -0.2) is 40.4 Å². The number of nitrogens with zero attached hydrogens (tertiary/aromatic N) is 1. The number of amides is 1. The summed E-state index contributed by atoms with van der Waals surface area (Å²) in [5.41, 5.74) is 0.564. The van der Waals surface area contributed by atoms with Crippen LogP contribution in [0.4, 0.5) is 4.79 Å². The second-order valence-electron chi connectivity index (χ2n) is 6.43. The number of ether oxygens (including phenoxy) is 1. The zero-order valence-electron chi connectivity index (χ0n) is 12.7. The molecule has 1 N–H and O–H groups in total. The molecule has 1 aromatic rings. The predicted octanol–water partition coefficient (Wildman–Crippen LogP) is 3.36. The van der Waals surface area contributed by atoms with E-state index in [-0.39, 0.29) is 12.1 Å². The van der Waals surface area contributed by atoms with E-state index in [0.29, 0.717) is 19.4 Å². The number of carbonyl (C=O) groups excluding carboxylic acids is 1. The van der Waals surface area contributed by atoms with Crippen LogP contribution in [0.2, 0.25) is 0 Å². The van der Waals surface area contributed by atoms with Crippen molar-refractivity contribution >= 4 is 22.0 Å². The third-order valence-electron chi connectivity index (χ3n) is 3.47. The minimum atomic E-state index is -0.523. The quantitative estimate of drug-likeness (QED) is 0.884. The van der Waals surface area contributed by atoms with Gasteiger partial charge in [0.2, 0.25) is 0 Å². The summed E-state index contributed by atoms with van der Waals surface area (Å²) in [6.45, 7) is 6.08. The molecule has 2 unspecified atom stereocenters. The molecule has 0 aromatic heterocycles. The van der Waals surface area contributed by atoms with Crippen molar-refractivity contribution in [3.05, 3.63) is 34.3 Å². The monoisotopic (exact) mass is 355 g/mol. The van der Waals surface area contributed by atoms with Crippen molar-refractivity contribution < 1.29 is 14.6 Å². The van der Waals surface area contributed by atoms with Gasteiger partial charge in [0, 0.05) is 11.0 Å². The zero-order valence-corrected chi connectivity index (χ0v) is 14.3. The molecule has 0 bridgehead atoms. The maximum Gasteiger partial charge on any atom is 0.410 e. The lowest BCUT2D eigenvalue weighted by Crippen LogP contribution is -2.43. The SMILES string of the molecule is CC(C)(C)OC(=O)N1CCC(O)C1Cc1cccc(Br)c1. The molecule has 1 fully saturated rings. The van der Waals surface area contributed by atoms with Gasteiger partial charge in [0.05, 0.1) is 12.1 Å². The lowest BCUT2D eigenvalue weighted by molar-refractivity contribution is 0.0156. The van der Waals surface area contributed by atoms with E-state index in [1.165, 1.54) is 0 Å². The number of carbonyl (C=O) groups is 1. The van der Waals surface area contributed by atoms with Crippen LogP contribution in [0.5, 0.6) is 0 Å². The number of rotatable bonds is 2. The Labute approximate surface area is 134 Å². The molecule has 21 heavy (non-hydrogen) atoms. The summed E-state index contributed by atoms with van der Waals surface area (Å²) in [4.78, 5) is 13.9. The summed E-state index contributed by atoms with van der Waals surface area (Å²) in [6.07, 6.45) is 0.369. The molecule has 2 rings (SSSR count). The average Bonchev–Trinajstić information content (AvgIpc) is 2.69. The molecule has 1 amide bonds. The number of hydrogen-bond acceptors (Lipinski definition) is 3. The molecule has 1 heterocycles. The van der Waals surface area contributed by atoms with Gasteiger partial charge in [0.15, 0.2) is 0 Å². The highest BCUT2D eigenvalue weighted by Crippen LogP contribution is 2.25. The first-order valence-electron chi connectivity index (χ1n) is 7.18. The molecule has 116 valence electrons. The van der Waals surface area contributed by atoms with Crippen molar-refractivity contribution in [1.82, 2.24) is 4.90 Å². The Hall–Kier alpha value is -1.07. The van der Waals surface area contributed by atoms with E-state index in [1.807, 2.05) is 45.0 Å². The minimum absolute atomic E-state index is 0.228. The molecule has 4 nitrogen and oxygen atoms in total. The number of halogens is 1. The van der Waals surface area contributed by atoms with Crippen LogP contribution in [0.25, 0.3) is 0 Å². The molecule has 0 saturated carbocycles. The van der Waals surface area contributed by atoms with E-state index in [0.717, 1.165) is 10.0 Å². The number of aliphatic hydroxyl groups is 1. The Balaban J connectivity index is 2.10. The topological polar surface area (TPSA) is 49.8 Å². The van der Waals surface area contributed by atoms with E-state index in [2.05, 4.69) is 15.9 Å². The van der Waals surface area contributed by atoms with Crippen LogP contribution in [0.3, 0.4) is 0 Å². The van der Waals surface area contributed by atoms with E-state index in [4.69, 9.17) is 4.74 Å². The van der Waals surface area contributed by atoms with Gasteiger partial charge in [0.1, 0.15) is 5.60 Å². The van der Waals surface area contributed by atoms with Crippen molar-refractivity contribution in [2.45, 2.75) is 51.4 Å².